The van der Waals surface area contributed by atoms with Gasteiger partial charge in [-0.2, -0.15) is 0 Å². The number of aromatic nitrogens is 1. The fourth-order valence-electron chi connectivity index (χ4n) is 1.77. The van der Waals surface area contributed by atoms with Crippen LogP contribution in [0.15, 0.2) is 42.6 Å². The zero-order valence-electron chi connectivity index (χ0n) is 10.7. The Labute approximate surface area is 107 Å². The zero-order chi connectivity index (χ0) is 12.8. The molecule has 0 saturated carbocycles. The Morgan fingerprint density at radius 3 is 2.56 bits per heavy atom. The summed E-state index contributed by atoms with van der Waals surface area (Å²) in [4.78, 5) is 4.37. The van der Waals surface area contributed by atoms with Crippen molar-refractivity contribution >= 4 is 0 Å². The quantitative estimate of drug-likeness (QED) is 0.804. The standard InChI is InChI=1S/C15H17NO2/c1-3-17-12-9-10-16-14(11-12)13-7-5-6-8-15(13)18-4-2/h5-11H,3-4H2,1-2H3. The van der Waals surface area contributed by atoms with E-state index in [0.717, 1.165) is 22.8 Å². The van der Waals surface area contributed by atoms with Crippen molar-refractivity contribution in [3.8, 4) is 22.8 Å². The smallest absolute Gasteiger partial charge is 0.128 e. The molecule has 1 heterocycles. The van der Waals surface area contributed by atoms with Gasteiger partial charge in [-0.3, -0.25) is 4.98 Å². The first-order chi connectivity index (χ1) is 8.85. The Hall–Kier alpha value is -2.03. The van der Waals surface area contributed by atoms with E-state index in [1.165, 1.54) is 0 Å². The first kappa shape index (κ1) is 12.4. The van der Waals surface area contributed by atoms with Gasteiger partial charge in [-0.25, -0.2) is 0 Å². The number of para-hydroxylation sites is 1. The van der Waals surface area contributed by atoms with E-state index in [9.17, 15) is 0 Å². The van der Waals surface area contributed by atoms with Gasteiger partial charge in [0.15, 0.2) is 0 Å². The number of nitrogens with zero attached hydrogens (tertiary/aromatic N) is 1. The van der Waals surface area contributed by atoms with Crippen LogP contribution in [0.4, 0.5) is 0 Å². The van der Waals surface area contributed by atoms with Gasteiger partial charge in [0, 0.05) is 17.8 Å². The van der Waals surface area contributed by atoms with Crippen molar-refractivity contribution in [1.82, 2.24) is 4.98 Å². The van der Waals surface area contributed by atoms with Crippen molar-refractivity contribution in [3.05, 3.63) is 42.6 Å². The number of benzene rings is 1. The van der Waals surface area contributed by atoms with E-state index in [0.29, 0.717) is 13.2 Å². The molecule has 0 radical (unpaired) electrons. The Bertz CT molecular complexity index is 511. The highest BCUT2D eigenvalue weighted by molar-refractivity contribution is 5.67. The lowest BCUT2D eigenvalue weighted by atomic mass is 10.1. The Morgan fingerprint density at radius 1 is 1.00 bits per heavy atom. The van der Waals surface area contributed by atoms with E-state index in [1.807, 2.05) is 50.2 Å². The van der Waals surface area contributed by atoms with Crippen LogP contribution in [-0.4, -0.2) is 18.2 Å². The molecule has 0 amide bonds. The maximum absolute atomic E-state index is 5.61. The van der Waals surface area contributed by atoms with Crippen molar-refractivity contribution in [2.45, 2.75) is 13.8 Å². The first-order valence-electron chi connectivity index (χ1n) is 6.16. The maximum Gasteiger partial charge on any atom is 0.128 e. The van der Waals surface area contributed by atoms with Gasteiger partial charge >= 0.3 is 0 Å². The first-order valence-corrected chi connectivity index (χ1v) is 6.16. The summed E-state index contributed by atoms with van der Waals surface area (Å²) in [7, 11) is 0. The Kier molecular flexibility index (Phi) is 4.18. The molecule has 0 bridgehead atoms. The van der Waals surface area contributed by atoms with Crippen molar-refractivity contribution in [1.29, 1.82) is 0 Å². The molecule has 3 heteroatoms. The summed E-state index contributed by atoms with van der Waals surface area (Å²) in [5.41, 5.74) is 1.85. The van der Waals surface area contributed by atoms with E-state index in [4.69, 9.17) is 9.47 Å². The van der Waals surface area contributed by atoms with Gasteiger partial charge in [-0.05, 0) is 32.0 Å². The lowest BCUT2D eigenvalue weighted by Crippen LogP contribution is -1.96. The minimum atomic E-state index is 0.641. The molecule has 0 N–H and O–H groups in total. The average Bonchev–Trinajstić information content (AvgIpc) is 2.40. The number of hydrogen-bond donors (Lipinski definition) is 0. The van der Waals surface area contributed by atoms with E-state index >= 15 is 0 Å². The van der Waals surface area contributed by atoms with E-state index < -0.39 is 0 Å². The lowest BCUT2D eigenvalue weighted by molar-refractivity contribution is 0.339. The Balaban J connectivity index is 2.38. The van der Waals surface area contributed by atoms with Gasteiger partial charge in [0.05, 0.1) is 18.9 Å². The molecule has 2 rings (SSSR count). The van der Waals surface area contributed by atoms with Crippen LogP contribution in [0.25, 0.3) is 11.3 Å². The van der Waals surface area contributed by atoms with Gasteiger partial charge in [0.2, 0.25) is 0 Å². The van der Waals surface area contributed by atoms with Crippen LogP contribution in [0.3, 0.4) is 0 Å². The third kappa shape index (κ3) is 2.80. The number of hydrogen-bond acceptors (Lipinski definition) is 3. The van der Waals surface area contributed by atoms with Crippen LogP contribution in [-0.2, 0) is 0 Å². The summed E-state index contributed by atoms with van der Waals surface area (Å²) in [6, 6.07) is 11.7. The van der Waals surface area contributed by atoms with Gasteiger partial charge in [-0.15, -0.1) is 0 Å². The second-order valence-corrected chi connectivity index (χ2v) is 3.74. The molecule has 0 unspecified atom stereocenters. The molecule has 0 aliphatic carbocycles. The summed E-state index contributed by atoms with van der Waals surface area (Å²) >= 11 is 0. The van der Waals surface area contributed by atoms with Crippen molar-refractivity contribution in [2.75, 3.05) is 13.2 Å². The Morgan fingerprint density at radius 2 is 1.78 bits per heavy atom. The van der Waals surface area contributed by atoms with E-state index in [1.54, 1.807) is 6.20 Å². The fourth-order valence-corrected chi connectivity index (χ4v) is 1.77. The minimum Gasteiger partial charge on any atom is -0.494 e. The predicted octanol–water partition coefficient (Wildman–Crippen LogP) is 3.55. The van der Waals surface area contributed by atoms with Crippen molar-refractivity contribution in [3.63, 3.8) is 0 Å². The van der Waals surface area contributed by atoms with Crippen LogP contribution >= 0.6 is 0 Å². The number of rotatable bonds is 5. The predicted molar refractivity (Wildman–Crippen MR) is 72.0 cm³/mol. The van der Waals surface area contributed by atoms with Crippen molar-refractivity contribution in [2.24, 2.45) is 0 Å². The highest BCUT2D eigenvalue weighted by Crippen LogP contribution is 2.30. The topological polar surface area (TPSA) is 31.4 Å². The molecule has 0 saturated heterocycles. The van der Waals surface area contributed by atoms with E-state index in [-0.39, 0.29) is 0 Å². The minimum absolute atomic E-state index is 0.641. The molecule has 1 aromatic carbocycles. The maximum atomic E-state index is 5.61. The average molecular weight is 243 g/mol. The van der Waals surface area contributed by atoms with Crippen LogP contribution in [0.1, 0.15) is 13.8 Å². The molecule has 1 aromatic heterocycles. The highest BCUT2D eigenvalue weighted by atomic mass is 16.5. The van der Waals surface area contributed by atoms with Crippen LogP contribution in [0.2, 0.25) is 0 Å². The summed E-state index contributed by atoms with van der Waals surface area (Å²) in [6.45, 7) is 5.23. The molecule has 0 aliphatic rings. The SMILES string of the molecule is CCOc1ccnc(-c2ccccc2OCC)c1. The number of ether oxygens (including phenoxy) is 2. The lowest BCUT2D eigenvalue weighted by Gasteiger charge is -2.10. The van der Waals surface area contributed by atoms with Gasteiger partial charge in [-0.1, -0.05) is 12.1 Å². The molecule has 18 heavy (non-hydrogen) atoms. The molecule has 94 valence electrons. The number of pyridine rings is 1. The van der Waals surface area contributed by atoms with Gasteiger partial charge in [0.25, 0.3) is 0 Å². The molecule has 0 atom stereocenters. The summed E-state index contributed by atoms with van der Waals surface area (Å²) in [6.07, 6.45) is 1.75. The van der Waals surface area contributed by atoms with Gasteiger partial charge in [0.1, 0.15) is 11.5 Å². The molecular weight excluding hydrogens is 226 g/mol. The highest BCUT2D eigenvalue weighted by Gasteiger charge is 2.07. The van der Waals surface area contributed by atoms with E-state index in [2.05, 4.69) is 4.98 Å². The third-order valence-corrected chi connectivity index (χ3v) is 2.51. The normalized spacial score (nSPS) is 10.1. The summed E-state index contributed by atoms with van der Waals surface area (Å²) in [5, 5.41) is 0. The van der Waals surface area contributed by atoms with Crippen LogP contribution in [0, 0.1) is 0 Å². The largest absolute Gasteiger partial charge is 0.494 e. The van der Waals surface area contributed by atoms with Crippen LogP contribution < -0.4 is 9.47 Å². The monoisotopic (exact) mass is 243 g/mol. The summed E-state index contributed by atoms with van der Waals surface area (Å²) in [5.74, 6) is 1.68. The molecular formula is C15H17NO2. The second-order valence-electron chi connectivity index (χ2n) is 3.74. The molecule has 0 fully saturated rings. The van der Waals surface area contributed by atoms with Gasteiger partial charge < -0.3 is 9.47 Å². The molecule has 0 spiro atoms. The molecule has 3 nitrogen and oxygen atoms in total. The van der Waals surface area contributed by atoms with Crippen molar-refractivity contribution < 1.29 is 9.47 Å². The molecule has 2 aromatic rings. The zero-order valence-corrected chi connectivity index (χ0v) is 10.7. The third-order valence-electron chi connectivity index (χ3n) is 2.51. The summed E-state index contributed by atoms with van der Waals surface area (Å²) < 4.78 is 11.1. The fraction of sp³-hybridized carbons (Fsp3) is 0.267. The molecule has 0 aliphatic heterocycles. The van der Waals surface area contributed by atoms with Crippen LogP contribution in [0.5, 0.6) is 11.5 Å². The second kappa shape index (κ2) is 6.05.